The van der Waals surface area contributed by atoms with E-state index in [0.29, 0.717) is 24.5 Å². The number of nitrogens with one attached hydrogen (secondary N) is 1. The summed E-state index contributed by atoms with van der Waals surface area (Å²) in [5.74, 6) is 1.87. The number of urea groups is 1. The standard InChI is InChI=1S/C24H27FN4O4S/c1-32-19-8-5-15(13-20(19)33-2)9-11-27-22(30)21-18(10-12-34-21)29-23(27)26-28(24(29)31)14-16-3-6-17(25)7-4-16/h3-8,13,18,21,23,26H,9-12,14H2,1-2H3. The highest BCUT2D eigenvalue weighted by Crippen LogP contribution is 2.39. The number of hydrogen-bond acceptors (Lipinski definition) is 6. The van der Waals surface area contributed by atoms with Gasteiger partial charge >= 0.3 is 6.03 Å². The molecule has 0 radical (unpaired) electrons. The number of carbonyl (C=O) groups excluding carboxylic acids is 2. The van der Waals surface area contributed by atoms with Gasteiger partial charge in [0.25, 0.3) is 0 Å². The number of halogens is 1. The lowest BCUT2D eigenvalue weighted by Crippen LogP contribution is -2.66. The summed E-state index contributed by atoms with van der Waals surface area (Å²) in [7, 11) is 3.18. The average Bonchev–Trinajstić information content (AvgIpc) is 3.45. The van der Waals surface area contributed by atoms with Crippen molar-refractivity contribution in [2.45, 2.75) is 37.0 Å². The van der Waals surface area contributed by atoms with Crippen LogP contribution in [0.15, 0.2) is 42.5 Å². The molecule has 3 fully saturated rings. The number of ether oxygens (including phenoxy) is 2. The fourth-order valence-electron chi connectivity index (χ4n) is 4.83. The Bertz CT molecular complexity index is 1090. The second kappa shape index (κ2) is 9.34. The van der Waals surface area contributed by atoms with Crippen molar-refractivity contribution in [3.63, 3.8) is 0 Å². The molecule has 180 valence electrons. The summed E-state index contributed by atoms with van der Waals surface area (Å²) >= 11 is 1.62. The molecule has 0 saturated carbocycles. The lowest BCUT2D eigenvalue weighted by atomic mass is 10.0. The summed E-state index contributed by atoms with van der Waals surface area (Å²) in [6.07, 6.45) is 0.853. The van der Waals surface area contributed by atoms with Crippen molar-refractivity contribution in [2.75, 3.05) is 26.5 Å². The van der Waals surface area contributed by atoms with Gasteiger partial charge in [0.1, 0.15) is 11.1 Å². The topological polar surface area (TPSA) is 74.4 Å². The van der Waals surface area contributed by atoms with Crippen molar-refractivity contribution in [3.05, 3.63) is 59.4 Å². The zero-order chi connectivity index (χ0) is 23.8. The van der Waals surface area contributed by atoms with Gasteiger partial charge < -0.3 is 14.4 Å². The molecule has 34 heavy (non-hydrogen) atoms. The minimum Gasteiger partial charge on any atom is -0.493 e. The molecule has 3 aliphatic rings. The molecule has 0 bridgehead atoms. The van der Waals surface area contributed by atoms with Gasteiger partial charge in [-0.2, -0.15) is 5.43 Å². The first-order valence-corrected chi connectivity index (χ1v) is 12.3. The highest BCUT2D eigenvalue weighted by molar-refractivity contribution is 8.00. The summed E-state index contributed by atoms with van der Waals surface area (Å²) < 4.78 is 24.0. The van der Waals surface area contributed by atoms with Gasteiger partial charge in [-0.1, -0.05) is 18.2 Å². The van der Waals surface area contributed by atoms with Crippen molar-refractivity contribution in [2.24, 2.45) is 0 Å². The summed E-state index contributed by atoms with van der Waals surface area (Å²) in [5, 5.41) is 1.28. The molecule has 3 saturated heterocycles. The molecular formula is C24H27FN4O4S. The number of carbonyl (C=O) groups is 2. The van der Waals surface area contributed by atoms with Crippen LogP contribution in [0.4, 0.5) is 9.18 Å². The van der Waals surface area contributed by atoms with Crippen LogP contribution in [0.25, 0.3) is 0 Å². The maximum atomic E-state index is 13.4. The average molecular weight is 487 g/mol. The fraction of sp³-hybridized carbons (Fsp3) is 0.417. The number of fused-ring (bicyclic) bond motifs is 3. The molecule has 8 nitrogen and oxygen atoms in total. The van der Waals surface area contributed by atoms with Crippen LogP contribution in [0.1, 0.15) is 17.5 Å². The third-order valence-electron chi connectivity index (χ3n) is 6.57. The van der Waals surface area contributed by atoms with E-state index in [2.05, 4.69) is 5.43 Å². The van der Waals surface area contributed by atoms with Crippen LogP contribution in [0.3, 0.4) is 0 Å². The normalized spacial score (nSPS) is 23.9. The summed E-state index contributed by atoms with van der Waals surface area (Å²) in [5.41, 5.74) is 5.06. The first-order valence-electron chi connectivity index (χ1n) is 11.2. The molecule has 3 heterocycles. The largest absolute Gasteiger partial charge is 0.493 e. The van der Waals surface area contributed by atoms with Gasteiger partial charge in [0.05, 0.1) is 26.8 Å². The van der Waals surface area contributed by atoms with Crippen LogP contribution in [-0.2, 0) is 17.8 Å². The molecule has 3 atom stereocenters. The molecule has 5 rings (SSSR count). The van der Waals surface area contributed by atoms with Crippen molar-refractivity contribution in [1.29, 1.82) is 0 Å². The number of rotatable bonds is 7. The van der Waals surface area contributed by atoms with Gasteiger partial charge in [-0.05, 0) is 54.0 Å². The molecule has 2 aromatic carbocycles. The van der Waals surface area contributed by atoms with Gasteiger partial charge in [0.15, 0.2) is 17.8 Å². The Hall–Kier alpha value is -2.98. The molecule has 3 unspecified atom stereocenters. The Morgan fingerprint density at radius 3 is 2.53 bits per heavy atom. The number of nitrogens with zero attached hydrogens (tertiary/aromatic N) is 3. The van der Waals surface area contributed by atoms with Crippen LogP contribution < -0.4 is 14.9 Å². The van der Waals surface area contributed by atoms with E-state index in [1.54, 1.807) is 43.0 Å². The predicted octanol–water partition coefficient (Wildman–Crippen LogP) is 2.83. The fourth-order valence-corrected chi connectivity index (χ4v) is 6.23. The lowest BCUT2D eigenvalue weighted by molar-refractivity contribution is -0.144. The zero-order valence-electron chi connectivity index (χ0n) is 19.1. The Morgan fingerprint density at radius 1 is 1.06 bits per heavy atom. The van der Waals surface area contributed by atoms with Crippen molar-refractivity contribution < 1.29 is 23.5 Å². The molecule has 0 aliphatic carbocycles. The third kappa shape index (κ3) is 4.05. The number of thioether (sulfide) groups is 1. The molecule has 1 N–H and O–H groups in total. The van der Waals surface area contributed by atoms with E-state index in [1.165, 1.54) is 17.1 Å². The zero-order valence-corrected chi connectivity index (χ0v) is 19.9. The van der Waals surface area contributed by atoms with Gasteiger partial charge in [0, 0.05) is 6.54 Å². The SMILES string of the molecule is COc1ccc(CCN2C(=O)C3SCCC3N3C(=O)N(Cc4ccc(F)cc4)NC23)cc1OC. The quantitative estimate of drug-likeness (QED) is 0.649. The van der Waals surface area contributed by atoms with Crippen LogP contribution in [-0.4, -0.2) is 70.8 Å². The minimum absolute atomic E-state index is 0.0539. The molecule has 3 amide bonds. The Morgan fingerprint density at radius 2 is 1.79 bits per heavy atom. The van der Waals surface area contributed by atoms with Crippen molar-refractivity contribution in [1.82, 2.24) is 20.2 Å². The summed E-state index contributed by atoms with van der Waals surface area (Å²) in [6.45, 7) is 0.734. The number of hydrogen-bond donors (Lipinski definition) is 1. The number of methoxy groups -OCH3 is 2. The molecule has 2 aromatic rings. The molecule has 10 heteroatoms. The molecule has 0 spiro atoms. The Balaban J connectivity index is 1.36. The van der Waals surface area contributed by atoms with Gasteiger partial charge in [-0.15, -0.1) is 11.8 Å². The van der Waals surface area contributed by atoms with E-state index >= 15 is 0 Å². The maximum absolute atomic E-state index is 13.4. The van der Waals surface area contributed by atoms with E-state index < -0.39 is 6.29 Å². The van der Waals surface area contributed by atoms with Crippen LogP contribution in [0.2, 0.25) is 0 Å². The number of benzene rings is 2. The van der Waals surface area contributed by atoms with E-state index in [9.17, 15) is 14.0 Å². The minimum atomic E-state index is -0.541. The maximum Gasteiger partial charge on any atom is 0.337 e. The molecule has 3 aliphatic heterocycles. The molecule has 0 aromatic heterocycles. The van der Waals surface area contributed by atoms with E-state index in [4.69, 9.17) is 9.47 Å². The summed E-state index contributed by atoms with van der Waals surface area (Å²) in [6, 6.07) is 11.5. The van der Waals surface area contributed by atoms with Gasteiger partial charge in [-0.25, -0.2) is 9.18 Å². The number of hydrazine groups is 1. The van der Waals surface area contributed by atoms with E-state index in [1.807, 2.05) is 23.1 Å². The van der Waals surface area contributed by atoms with E-state index in [-0.39, 0.29) is 35.6 Å². The number of amides is 3. The Labute approximate surface area is 201 Å². The van der Waals surface area contributed by atoms with E-state index in [0.717, 1.165) is 23.3 Å². The van der Waals surface area contributed by atoms with Crippen LogP contribution >= 0.6 is 11.8 Å². The molecular weight excluding hydrogens is 459 g/mol. The lowest BCUT2D eigenvalue weighted by Gasteiger charge is -2.44. The first kappa shape index (κ1) is 22.8. The Kier molecular flexibility index (Phi) is 6.26. The smallest absolute Gasteiger partial charge is 0.337 e. The summed E-state index contributed by atoms with van der Waals surface area (Å²) in [4.78, 5) is 30.4. The first-order chi connectivity index (χ1) is 16.5. The highest BCUT2D eigenvalue weighted by Gasteiger charge is 2.55. The van der Waals surface area contributed by atoms with Crippen molar-refractivity contribution >= 4 is 23.7 Å². The second-order valence-corrected chi connectivity index (χ2v) is 9.77. The van der Waals surface area contributed by atoms with Crippen molar-refractivity contribution in [3.8, 4) is 11.5 Å². The monoisotopic (exact) mass is 486 g/mol. The van der Waals surface area contributed by atoms with Gasteiger partial charge in [-0.3, -0.25) is 14.7 Å². The highest BCUT2D eigenvalue weighted by atomic mass is 32.2. The predicted molar refractivity (Wildman–Crippen MR) is 126 cm³/mol. The van der Waals surface area contributed by atoms with Crippen LogP contribution in [0, 0.1) is 5.82 Å². The third-order valence-corrected chi connectivity index (χ3v) is 7.92. The van der Waals surface area contributed by atoms with Crippen LogP contribution in [0.5, 0.6) is 11.5 Å². The van der Waals surface area contributed by atoms with Gasteiger partial charge in [0.2, 0.25) is 5.91 Å². The second-order valence-electron chi connectivity index (χ2n) is 8.52.